The Kier molecular flexibility index (Phi) is 8.02. The molecule has 0 aromatic heterocycles. The SMILES string of the molecule is CC(C)=CCC[C@@H](C)[C@H]1CC[C@@]2(C)C3=C(CC[C@]12C)[C@@]1(C)CC[C@H](OC(=O)C2CCCOC2)C(C)(C)C1CC3. The Bertz CT molecular complexity index is 995. The zero-order valence-corrected chi connectivity index (χ0v) is 26.6. The van der Waals surface area contributed by atoms with Crippen molar-refractivity contribution in [2.24, 2.45) is 45.3 Å². The zero-order chi connectivity index (χ0) is 28.2. The lowest BCUT2D eigenvalue weighted by molar-refractivity contribution is -0.178. The summed E-state index contributed by atoms with van der Waals surface area (Å²) in [6.45, 7) is 21.1. The maximum Gasteiger partial charge on any atom is 0.311 e. The Morgan fingerprint density at radius 3 is 2.46 bits per heavy atom. The van der Waals surface area contributed by atoms with E-state index in [-0.39, 0.29) is 28.8 Å². The largest absolute Gasteiger partial charge is 0.462 e. The van der Waals surface area contributed by atoms with Crippen molar-refractivity contribution in [1.29, 1.82) is 0 Å². The summed E-state index contributed by atoms with van der Waals surface area (Å²) in [5.41, 5.74) is 6.15. The third kappa shape index (κ3) is 4.79. The number of hydrogen-bond acceptors (Lipinski definition) is 3. The van der Waals surface area contributed by atoms with Gasteiger partial charge in [0.2, 0.25) is 0 Å². The first-order valence-electron chi connectivity index (χ1n) is 16.5. The van der Waals surface area contributed by atoms with Gasteiger partial charge in [-0.2, -0.15) is 0 Å². The minimum absolute atomic E-state index is 0.00395. The highest BCUT2D eigenvalue weighted by Gasteiger charge is 2.63. The molecule has 3 nitrogen and oxygen atoms in total. The van der Waals surface area contributed by atoms with Crippen molar-refractivity contribution in [1.82, 2.24) is 0 Å². The minimum atomic E-state index is -0.0702. The Balaban J connectivity index is 1.36. The summed E-state index contributed by atoms with van der Waals surface area (Å²) in [4.78, 5) is 13.1. The fourth-order valence-corrected chi connectivity index (χ4v) is 10.8. The van der Waals surface area contributed by atoms with Gasteiger partial charge in [-0.15, -0.1) is 0 Å². The van der Waals surface area contributed by atoms with Crippen molar-refractivity contribution in [3.05, 3.63) is 22.8 Å². The van der Waals surface area contributed by atoms with Gasteiger partial charge in [-0.1, -0.05) is 64.3 Å². The summed E-state index contributed by atoms with van der Waals surface area (Å²) in [6, 6.07) is 0. The van der Waals surface area contributed by atoms with Crippen molar-refractivity contribution in [3.8, 4) is 0 Å². The molecule has 3 fully saturated rings. The van der Waals surface area contributed by atoms with Crippen LogP contribution in [0, 0.1) is 45.3 Å². The van der Waals surface area contributed by atoms with Crippen LogP contribution in [0.25, 0.3) is 0 Å². The average Bonchev–Trinajstić information content (AvgIpc) is 3.17. The normalized spacial score (nSPS) is 42.2. The predicted molar refractivity (Wildman–Crippen MR) is 160 cm³/mol. The minimum Gasteiger partial charge on any atom is -0.462 e. The van der Waals surface area contributed by atoms with Crippen LogP contribution in [0.1, 0.15) is 132 Å². The lowest BCUT2D eigenvalue weighted by Gasteiger charge is -2.62. The van der Waals surface area contributed by atoms with E-state index >= 15 is 0 Å². The number of carbonyl (C=O) groups excluding carboxylic acids is 1. The van der Waals surface area contributed by atoms with Crippen LogP contribution in [0.5, 0.6) is 0 Å². The zero-order valence-electron chi connectivity index (χ0n) is 26.6. The van der Waals surface area contributed by atoms with Crippen molar-refractivity contribution in [3.63, 3.8) is 0 Å². The highest BCUT2D eigenvalue weighted by Crippen LogP contribution is 2.72. The smallest absolute Gasteiger partial charge is 0.311 e. The summed E-state index contributed by atoms with van der Waals surface area (Å²) in [7, 11) is 0. The van der Waals surface area contributed by atoms with Crippen LogP contribution < -0.4 is 0 Å². The standard InChI is InChI=1S/C36H58O3/c1-24(2)11-9-12-25(3)27-16-20-36(8)29-14-15-30-33(4,5)31(39-32(37)26-13-10-22-38-23-26)18-19-34(30,6)28(29)17-21-35(27,36)7/h11,25-27,30-31H,9-10,12-23H2,1-8H3/t25-,26?,27-,30?,31+,34-,35-,36+/m1/s1. The van der Waals surface area contributed by atoms with E-state index in [1.807, 2.05) is 11.1 Å². The van der Waals surface area contributed by atoms with Gasteiger partial charge in [0.25, 0.3) is 0 Å². The Hall–Kier alpha value is -1.09. The van der Waals surface area contributed by atoms with Crippen molar-refractivity contribution in [2.75, 3.05) is 13.2 Å². The number of allylic oxidation sites excluding steroid dienone is 4. The number of ether oxygens (including phenoxy) is 2. The highest BCUT2D eigenvalue weighted by molar-refractivity contribution is 5.73. The summed E-state index contributed by atoms with van der Waals surface area (Å²) in [6.07, 6.45) is 17.0. The van der Waals surface area contributed by atoms with Gasteiger partial charge in [0.05, 0.1) is 12.5 Å². The van der Waals surface area contributed by atoms with E-state index in [1.54, 1.807) is 0 Å². The lowest BCUT2D eigenvalue weighted by atomic mass is 9.43. The van der Waals surface area contributed by atoms with Crippen LogP contribution in [0.2, 0.25) is 0 Å². The number of hydrogen-bond donors (Lipinski definition) is 0. The van der Waals surface area contributed by atoms with Crippen LogP contribution >= 0.6 is 0 Å². The van der Waals surface area contributed by atoms with E-state index in [0.717, 1.165) is 44.1 Å². The van der Waals surface area contributed by atoms with Gasteiger partial charge in [0, 0.05) is 12.0 Å². The molecule has 2 saturated carbocycles. The van der Waals surface area contributed by atoms with Crippen molar-refractivity contribution in [2.45, 2.75) is 139 Å². The first-order valence-corrected chi connectivity index (χ1v) is 16.5. The summed E-state index contributed by atoms with van der Waals surface area (Å²) in [5, 5.41) is 0. The molecule has 0 aromatic carbocycles. The van der Waals surface area contributed by atoms with Gasteiger partial charge in [0.15, 0.2) is 0 Å². The number of fused-ring (bicyclic) bond motifs is 4. The van der Waals surface area contributed by atoms with Crippen molar-refractivity contribution < 1.29 is 14.3 Å². The Labute approximate surface area is 239 Å². The molecule has 2 unspecified atom stereocenters. The van der Waals surface area contributed by atoms with Gasteiger partial charge in [-0.25, -0.2) is 0 Å². The fourth-order valence-electron chi connectivity index (χ4n) is 10.8. The molecule has 0 amide bonds. The van der Waals surface area contributed by atoms with Crippen LogP contribution in [-0.2, 0) is 14.3 Å². The third-order valence-electron chi connectivity index (χ3n) is 13.4. The predicted octanol–water partition coefficient (Wildman–Crippen LogP) is 9.46. The second-order valence-corrected chi connectivity index (χ2v) is 15.9. The van der Waals surface area contributed by atoms with Gasteiger partial charge in [0.1, 0.15) is 6.10 Å². The van der Waals surface area contributed by atoms with Gasteiger partial charge >= 0.3 is 5.97 Å². The molecule has 39 heavy (non-hydrogen) atoms. The molecule has 220 valence electrons. The van der Waals surface area contributed by atoms with E-state index in [1.165, 1.54) is 56.9 Å². The van der Waals surface area contributed by atoms with Crippen LogP contribution in [0.15, 0.2) is 22.8 Å². The van der Waals surface area contributed by atoms with Crippen molar-refractivity contribution >= 4 is 5.97 Å². The van der Waals surface area contributed by atoms with Crippen LogP contribution in [0.3, 0.4) is 0 Å². The average molecular weight is 539 g/mol. The molecule has 1 aliphatic heterocycles. The Morgan fingerprint density at radius 2 is 1.77 bits per heavy atom. The number of esters is 1. The molecule has 0 N–H and O–H groups in total. The van der Waals surface area contributed by atoms with Gasteiger partial charge in [-0.05, 0) is 125 Å². The van der Waals surface area contributed by atoms with E-state index in [9.17, 15) is 4.79 Å². The number of carbonyl (C=O) groups is 1. The van der Waals surface area contributed by atoms with E-state index in [4.69, 9.17) is 9.47 Å². The van der Waals surface area contributed by atoms with Crippen LogP contribution in [0.4, 0.5) is 0 Å². The highest BCUT2D eigenvalue weighted by atomic mass is 16.5. The molecule has 0 spiro atoms. The first-order chi connectivity index (χ1) is 18.3. The summed E-state index contributed by atoms with van der Waals surface area (Å²) < 4.78 is 11.9. The topological polar surface area (TPSA) is 35.5 Å². The van der Waals surface area contributed by atoms with Gasteiger partial charge in [-0.3, -0.25) is 4.79 Å². The monoisotopic (exact) mass is 538 g/mol. The lowest BCUT2D eigenvalue weighted by Crippen LogP contribution is -2.56. The second-order valence-electron chi connectivity index (χ2n) is 15.9. The molecule has 0 bridgehead atoms. The Morgan fingerprint density at radius 1 is 1.00 bits per heavy atom. The maximum absolute atomic E-state index is 13.1. The molecule has 5 aliphatic rings. The van der Waals surface area contributed by atoms with E-state index in [0.29, 0.717) is 23.4 Å². The quantitative estimate of drug-likeness (QED) is 0.249. The fraction of sp³-hybridized carbons (Fsp3) is 0.861. The summed E-state index contributed by atoms with van der Waals surface area (Å²) >= 11 is 0. The molecule has 8 atom stereocenters. The first kappa shape index (κ1) is 29.4. The van der Waals surface area contributed by atoms with E-state index in [2.05, 4.69) is 61.5 Å². The molecule has 0 radical (unpaired) electrons. The van der Waals surface area contributed by atoms with E-state index < -0.39 is 0 Å². The molecule has 3 heteroatoms. The molecule has 4 aliphatic carbocycles. The molecule has 0 aromatic rings. The second kappa shape index (κ2) is 10.6. The number of rotatable bonds is 6. The molecule has 1 heterocycles. The molecular formula is C36H58O3. The molecule has 1 saturated heterocycles. The maximum atomic E-state index is 13.1. The van der Waals surface area contributed by atoms with Gasteiger partial charge < -0.3 is 9.47 Å². The molecule has 5 rings (SSSR count). The molecular weight excluding hydrogens is 480 g/mol. The third-order valence-corrected chi connectivity index (χ3v) is 13.4. The van der Waals surface area contributed by atoms with Crippen LogP contribution in [-0.4, -0.2) is 25.3 Å². The summed E-state index contributed by atoms with van der Waals surface area (Å²) in [5.74, 6) is 2.12.